The summed E-state index contributed by atoms with van der Waals surface area (Å²) in [4.78, 5) is 23.4. The van der Waals surface area contributed by atoms with Gasteiger partial charge in [0.1, 0.15) is 5.78 Å². The molecule has 3 nitrogen and oxygen atoms in total. The molecule has 0 radical (unpaired) electrons. The lowest BCUT2D eigenvalue weighted by Gasteiger charge is -2.07. The van der Waals surface area contributed by atoms with E-state index in [-0.39, 0.29) is 24.2 Å². The first-order chi connectivity index (χ1) is 10.4. The Labute approximate surface area is 146 Å². The molecule has 2 aromatic rings. The Hall–Kier alpha value is -1.36. The molecule has 114 valence electrons. The van der Waals surface area contributed by atoms with Crippen LogP contribution < -0.4 is 0 Å². The smallest absolute Gasteiger partial charge is 0.335 e. The highest BCUT2D eigenvalue weighted by Gasteiger charge is 2.14. The summed E-state index contributed by atoms with van der Waals surface area (Å²) in [5, 5.41) is 9.99. The summed E-state index contributed by atoms with van der Waals surface area (Å²) in [5.41, 5.74) is 1.35. The third-order valence-corrected chi connectivity index (χ3v) is 4.30. The number of hydrogen-bond acceptors (Lipinski definition) is 2. The molecule has 0 aliphatic heterocycles. The van der Waals surface area contributed by atoms with Gasteiger partial charge in [0.15, 0.2) is 0 Å². The predicted octanol–water partition coefficient (Wildman–Crippen LogP) is 4.81. The van der Waals surface area contributed by atoms with E-state index in [0.29, 0.717) is 15.6 Å². The molecule has 0 aromatic heterocycles. The van der Waals surface area contributed by atoms with E-state index in [1.54, 1.807) is 30.3 Å². The van der Waals surface area contributed by atoms with Crippen LogP contribution in [0.1, 0.15) is 21.5 Å². The summed E-state index contributed by atoms with van der Waals surface area (Å²) in [6, 6.07) is 9.76. The lowest BCUT2D eigenvalue weighted by Crippen LogP contribution is -2.11. The fraction of sp³-hybridized carbons (Fsp3) is 0.125. The lowest BCUT2D eigenvalue weighted by molar-refractivity contribution is -0.117. The van der Waals surface area contributed by atoms with E-state index >= 15 is 0 Å². The highest BCUT2D eigenvalue weighted by atomic mass is 79.9. The van der Waals surface area contributed by atoms with Gasteiger partial charge >= 0.3 is 5.97 Å². The van der Waals surface area contributed by atoms with Crippen molar-refractivity contribution >= 4 is 50.9 Å². The molecule has 22 heavy (non-hydrogen) atoms. The Bertz CT molecular complexity index is 744. The Kier molecular flexibility index (Phi) is 5.62. The second kappa shape index (κ2) is 7.27. The summed E-state index contributed by atoms with van der Waals surface area (Å²) in [5.74, 6) is -1.15. The summed E-state index contributed by atoms with van der Waals surface area (Å²) in [6.07, 6.45) is 0.212. The van der Waals surface area contributed by atoms with Crippen LogP contribution in [0.25, 0.3) is 0 Å². The minimum absolute atomic E-state index is 0.0430. The molecule has 1 N–H and O–H groups in total. The van der Waals surface area contributed by atoms with E-state index < -0.39 is 5.97 Å². The number of benzene rings is 2. The molecule has 2 aromatic carbocycles. The van der Waals surface area contributed by atoms with Crippen LogP contribution in [-0.2, 0) is 17.6 Å². The Morgan fingerprint density at radius 1 is 1.00 bits per heavy atom. The standard InChI is InChI=1S/C16H11BrCl2O3/c17-11-2-3-13(16(21)22)10(7-11)8-12(20)5-9-1-4-14(18)15(19)6-9/h1-4,6-7H,5,8H2,(H,21,22). The maximum atomic E-state index is 12.2. The molecule has 0 spiro atoms. The van der Waals surface area contributed by atoms with Crippen molar-refractivity contribution in [3.8, 4) is 0 Å². The minimum Gasteiger partial charge on any atom is -0.478 e. The first-order valence-corrected chi connectivity index (χ1v) is 7.89. The molecule has 0 heterocycles. The van der Waals surface area contributed by atoms with Gasteiger partial charge < -0.3 is 5.11 Å². The molecule has 0 unspecified atom stereocenters. The first kappa shape index (κ1) is 17.0. The first-order valence-electron chi connectivity index (χ1n) is 6.34. The number of Topliss-reactive ketones (excluding diaryl/α,β-unsaturated/α-hetero) is 1. The van der Waals surface area contributed by atoms with Gasteiger partial charge in [0.2, 0.25) is 0 Å². The van der Waals surface area contributed by atoms with Crippen LogP contribution in [0, 0.1) is 0 Å². The van der Waals surface area contributed by atoms with Crippen LogP contribution in [-0.4, -0.2) is 16.9 Å². The average molecular weight is 402 g/mol. The van der Waals surface area contributed by atoms with Gasteiger partial charge in [0, 0.05) is 17.3 Å². The van der Waals surface area contributed by atoms with Crippen molar-refractivity contribution in [2.45, 2.75) is 12.8 Å². The van der Waals surface area contributed by atoms with Crippen molar-refractivity contribution in [2.24, 2.45) is 0 Å². The maximum absolute atomic E-state index is 12.2. The molecule has 2 rings (SSSR count). The van der Waals surface area contributed by atoms with E-state index in [1.165, 1.54) is 6.07 Å². The molecular weight excluding hydrogens is 391 g/mol. The molecule has 0 saturated carbocycles. The third-order valence-electron chi connectivity index (χ3n) is 3.07. The number of carboxylic acid groups (broad SMARTS) is 1. The zero-order valence-corrected chi connectivity index (χ0v) is 14.4. The Balaban J connectivity index is 2.16. The highest BCUT2D eigenvalue weighted by Crippen LogP contribution is 2.23. The van der Waals surface area contributed by atoms with Gasteiger partial charge in [0.25, 0.3) is 0 Å². The van der Waals surface area contributed by atoms with Crippen molar-refractivity contribution in [1.82, 2.24) is 0 Å². The largest absolute Gasteiger partial charge is 0.478 e. The van der Waals surface area contributed by atoms with Gasteiger partial charge in [0.05, 0.1) is 15.6 Å². The van der Waals surface area contributed by atoms with Crippen LogP contribution in [0.5, 0.6) is 0 Å². The number of carbonyl (C=O) groups excluding carboxylic acids is 1. The summed E-state index contributed by atoms with van der Waals surface area (Å²) >= 11 is 15.0. The number of hydrogen-bond donors (Lipinski definition) is 1. The van der Waals surface area contributed by atoms with Crippen molar-refractivity contribution in [1.29, 1.82) is 0 Å². The molecule has 0 aliphatic carbocycles. The lowest BCUT2D eigenvalue weighted by atomic mass is 9.99. The SMILES string of the molecule is O=C(Cc1ccc(Cl)c(Cl)c1)Cc1cc(Br)ccc1C(=O)O. The van der Waals surface area contributed by atoms with E-state index in [9.17, 15) is 9.59 Å². The number of carbonyl (C=O) groups is 2. The number of carboxylic acids is 1. The number of halogens is 3. The van der Waals surface area contributed by atoms with Gasteiger partial charge in [-0.3, -0.25) is 4.79 Å². The highest BCUT2D eigenvalue weighted by molar-refractivity contribution is 9.10. The molecule has 0 atom stereocenters. The van der Waals surface area contributed by atoms with Crippen molar-refractivity contribution in [2.75, 3.05) is 0 Å². The fourth-order valence-electron chi connectivity index (χ4n) is 2.07. The topological polar surface area (TPSA) is 54.4 Å². The summed E-state index contributed by atoms with van der Waals surface area (Å²) in [6.45, 7) is 0. The molecular formula is C16H11BrCl2O3. The van der Waals surface area contributed by atoms with Gasteiger partial charge in [-0.2, -0.15) is 0 Å². The molecule has 0 saturated heterocycles. The van der Waals surface area contributed by atoms with Crippen molar-refractivity contribution in [3.05, 3.63) is 67.6 Å². The number of aromatic carboxylic acids is 1. The van der Waals surface area contributed by atoms with Crippen LogP contribution in [0.4, 0.5) is 0 Å². The average Bonchev–Trinajstić information content (AvgIpc) is 2.42. The molecule has 0 bridgehead atoms. The zero-order chi connectivity index (χ0) is 16.3. The van der Waals surface area contributed by atoms with E-state index in [4.69, 9.17) is 28.3 Å². The third kappa shape index (κ3) is 4.32. The monoisotopic (exact) mass is 400 g/mol. The molecule has 6 heteroatoms. The van der Waals surface area contributed by atoms with E-state index in [2.05, 4.69) is 15.9 Å². The Morgan fingerprint density at radius 2 is 1.73 bits per heavy atom. The molecule has 0 amide bonds. The van der Waals surface area contributed by atoms with E-state index in [1.807, 2.05) is 0 Å². The quantitative estimate of drug-likeness (QED) is 0.782. The van der Waals surface area contributed by atoms with Crippen LogP contribution >= 0.6 is 39.1 Å². The zero-order valence-electron chi connectivity index (χ0n) is 11.3. The van der Waals surface area contributed by atoms with Gasteiger partial charge in [-0.05, 0) is 41.5 Å². The molecule has 0 aliphatic rings. The second-order valence-electron chi connectivity index (χ2n) is 4.75. The van der Waals surface area contributed by atoms with Gasteiger partial charge in [-0.25, -0.2) is 4.79 Å². The Morgan fingerprint density at radius 3 is 2.36 bits per heavy atom. The van der Waals surface area contributed by atoms with Gasteiger partial charge in [-0.1, -0.05) is 45.2 Å². The number of ketones is 1. The number of rotatable bonds is 5. The minimum atomic E-state index is -1.05. The fourth-order valence-corrected chi connectivity index (χ4v) is 2.80. The maximum Gasteiger partial charge on any atom is 0.335 e. The predicted molar refractivity (Wildman–Crippen MR) is 90.0 cm³/mol. The normalized spacial score (nSPS) is 10.5. The molecule has 0 fully saturated rings. The van der Waals surface area contributed by atoms with Crippen molar-refractivity contribution in [3.63, 3.8) is 0 Å². The van der Waals surface area contributed by atoms with Gasteiger partial charge in [-0.15, -0.1) is 0 Å². The van der Waals surface area contributed by atoms with Crippen molar-refractivity contribution < 1.29 is 14.7 Å². The van der Waals surface area contributed by atoms with Crippen LogP contribution in [0.2, 0.25) is 10.0 Å². The van der Waals surface area contributed by atoms with E-state index in [0.717, 1.165) is 10.0 Å². The summed E-state index contributed by atoms with van der Waals surface area (Å²) < 4.78 is 0.731. The second-order valence-corrected chi connectivity index (χ2v) is 6.48. The summed E-state index contributed by atoms with van der Waals surface area (Å²) in [7, 11) is 0. The van der Waals surface area contributed by atoms with Crippen LogP contribution in [0.3, 0.4) is 0 Å². The van der Waals surface area contributed by atoms with Crippen LogP contribution in [0.15, 0.2) is 40.9 Å².